The first-order chi connectivity index (χ1) is 9.96. The van der Waals surface area contributed by atoms with Gasteiger partial charge in [-0.05, 0) is 44.2 Å². The maximum absolute atomic E-state index is 12.7. The number of carbonyl (C=O) groups is 2. The van der Waals surface area contributed by atoms with Gasteiger partial charge in [-0.2, -0.15) is 0 Å². The Kier molecular flexibility index (Phi) is 3.74. The summed E-state index contributed by atoms with van der Waals surface area (Å²) in [6, 6.07) is 3.36. The van der Waals surface area contributed by atoms with E-state index >= 15 is 0 Å². The summed E-state index contributed by atoms with van der Waals surface area (Å²) in [6.07, 6.45) is 2.64. The highest BCUT2D eigenvalue weighted by atomic mass is 35.5. The van der Waals surface area contributed by atoms with Crippen LogP contribution in [0.15, 0.2) is 12.1 Å². The van der Waals surface area contributed by atoms with Gasteiger partial charge in [-0.3, -0.25) is 9.59 Å². The predicted octanol–water partition coefficient (Wildman–Crippen LogP) is 2.81. The predicted molar refractivity (Wildman–Crippen MR) is 83.2 cm³/mol. The van der Waals surface area contributed by atoms with E-state index in [1.54, 1.807) is 4.90 Å². The molecule has 1 saturated carbocycles. The lowest BCUT2D eigenvalue weighted by Crippen LogP contribution is -2.69. The Hall–Kier alpha value is -1.07. The molecular weight excluding hydrogens is 308 g/mol. The van der Waals surface area contributed by atoms with E-state index in [0.29, 0.717) is 17.3 Å². The van der Waals surface area contributed by atoms with E-state index in [9.17, 15) is 9.59 Å². The summed E-state index contributed by atoms with van der Waals surface area (Å²) in [6.45, 7) is 4.29. The molecule has 2 atom stereocenters. The van der Waals surface area contributed by atoms with Gasteiger partial charge in [0.2, 0.25) is 11.8 Å². The molecule has 1 aliphatic carbocycles. The van der Waals surface area contributed by atoms with Crippen LogP contribution in [0.5, 0.6) is 0 Å². The lowest BCUT2D eigenvalue weighted by molar-refractivity contribution is -0.159. The molecule has 0 spiro atoms. The molecule has 1 aromatic rings. The third kappa shape index (κ3) is 2.46. The number of hydrogen-bond donors (Lipinski definition) is 1. The standard InChI is InChI=1S/C15H19ClN2O2S/c1-3-11-13(19)18(8-10-6-7-12(16)21-10)15(2,9-4-5-9)14(20)17-11/h6-7,9,11H,3-5,8H2,1-2H3,(H,17,20). The molecule has 6 heteroatoms. The Balaban J connectivity index is 1.93. The van der Waals surface area contributed by atoms with Crippen molar-refractivity contribution in [2.75, 3.05) is 0 Å². The van der Waals surface area contributed by atoms with Gasteiger partial charge in [-0.15, -0.1) is 11.3 Å². The summed E-state index contributed by atoms with van der Waals surface area (Å²) in [7, 11) is 0. The molecule has 4 nitrogen and oxygen atoms in total. The van der Waals surface area contributed by atoms with Crippen molar-refractivity contribution in [3.8, 4) is 0 Å². The first kappa shape index (κ1) is 14.9. The van der Waals surface area contributed by atoms with Crippen molar-refractivity contribution in [2.24, 2.45) is 5.92 Å². The van der Waals surface area contributed by atoms with E-state index in [4.69, 9.17) is 11.6 Å². The van der Waals surface area contributed by atoms with E-state index in [2.05, 4.69) is 5.32 Å². The Labute approximate surface area is 133 Å². The number of carbonyl (C=O) groups excluding carboxylic acids is 2. The molecule has 114 valence electrons. The molecule has 2 fully saturated rings. The average molecular weight is 327 g/mol. The van der Waals surface area contributed by atoms with Crippen LogP contribution in [0.1, 0.15) is 38.0 Å². The topological polar surface area (TPSA) is 49.4 Å². The molecule has 1 saturated heterocycles. The molecule has 0 radical (unpaired) electrons. The molecule has 0 aromatic carbocycles. The molecule has 21 heavy (non-hydrogen) atoms. The van der Waals surface area contributed by atoms with Gasteiger partial charge in [0, 0.05) is 4.88 Å². The van der Waals surface area contributed by atoms with Gasteiger partial charge in [-0.1, -0.05) is 18.5 Å². The van der Waals surface area contributed by atoms with Crippen LogP contribution in [0.4, 0.5) is 0 Å². The summed E-state index contributed by atoms with van der Waals surface area (Å²) in [5.74, 6) is 0.282. The zero-order valence-electron chi connectivity index (χ0n) is 12.2. The Morgan fingerprint density at radius 3 is 2.67 bits per heavy atom. The summed E-state index contributed by atoms with van der Waals surface area (Å²) < 4.78 is 0.707. The third-order valence-electron chi connectivity index (χ3n) is 4.61. The number of piperazine rings is 1. The van der Waals surface area contributed by atoms with Crippen LogP contribution < -0.4 is 5.32 Å². The number of halogens is 1. The van der Waals surface area contributed by atoms with Crippen LogP contribution >= 0.6 is 22.9 Å². The average Bonchev–Trinajstić information content (AvgIpc) is 3.23. The summed E-state index contributed by atoms with van der Waals surface area (Å²) in [5, 5.41) is 2.90. The first-order valence-electron chi connectivity index (χ1n) is 7.33. The second-order valence-corrected chi connectivity index (χ2v) is 7.79. The summed E-state index contributed by atoms with van der Waals surface area (Å²) in [4.78, 5) is 28.1. The van der Waals surface area contributed by atoms with E-state index in [0.717, 1.165) is 17.7 Å². The molecule has 2 amide bonds. The van der Waals surface area contributed by atoms with Crippen molar-refractivity contribution >= 4 is 34.8 Å². The molecular formula is C15H19ClN2O2S. The molecule has 1 aromatic heterocycles. The smallest absolute Gasteiger partial charge is 0.246 e. The van der Waals surface area contributed by atoms with Crippen LogP contribution in [0.25, 0.3) is 0 Å². The number of rotatable bonds is 4. The van der Waals surface area contributed by atoms with Crippen LogP contribution in [-0.2, 0) is 16.1 Å². The normalized spacial score (nSPS) is 29.7. The monoisotopic (exact) mass is 326 g/mol. The molecule has 2 unspecified atom stereocenters. The van der Waals surface area contributed by atoms with Crippen molar-refractivity contribution in [3.63, 3.8) is 0 Å². The van der Waals surface area contributed by atoms with Gasteiger partial charge in [0.1, 0.15) is 11.6 Å². The minimum Gasteiger partial charge on any atom is -0.342 e. The quantitative estimate of drug-likeness (QED) is 0.925. The fraction of sp³-hybridized carbons (Fsp3) is 0.600. The number of amides is 2. The van der Waals surface area contributed by atoms with Gasteiger partial charge in [0.25, 0.3) is 0 Å². The van der Waals surface area contributed by atoms with E-state index in [-0.39, 0.29) is 17.7 Å². The van der Waals surface area contributed by atoms with Crippen molar-refractivity contribution < 1.29 is 9.59 Å². The summed E-state index contributed by atoms with van der Waals surface area (Å²) in [5.41, 5.74) is -0.723. The van der Waals surface area contributed by atoms with Crippen molar-refractivity contribution in [2.45, 2.75) is 51.2 Å². The third-order valence-corrected chi connectivity index (χ3v) is 5.83. The zero-order chi connectivity index (χ0) is 15.2. The first-order valence-corrected chi connectivity index (χ1v) is 8.53. The van der Waals surface area contributed by atoms with Crippen LogP contribution in [0, 0.1) is 5.92 Å². The second-order valence-electron chi connectivity index (χ2n) is 5.99. The van der Waals surface area contributed by atoms with Gasteiger partial charge >= 0.3 is 0 Å². The Morgan fingerprint density at radius 1 is 1.43 bits per heavy atom. The maximum atomic E-state index is 12.7. The van der Waals surface area contributed by atoms with Crippen LogP contribution in [-0.4, -0.2) is 28.3 Å². The van der Waals surface area contributed by atoms with Crippen molar-refractivity contribution in [1.82, 2.24) is 10.2 Å². The highest BCUT2D eigenvalue weighted by Gasteiger charge is 2.56. The zero-order valence-corrected chi connectivity index (χ0v) is 13.8. The largest absolute Gasteiger partial charge is 0.342 e. The highest BCUT2D eigenvalue weighted by Crippen LogP contribution is 2.45. The number of thiophene rings is 1. The second kappa shape index (κ2) is 5.29. The fourth-order valence-electron chi connectivity index (χ4n) is 3.07. The molecule has 2 heterocycles. The van der Waals surface area contributed by atoms with Crippen LogP contribution in [0.3, 0.4) is 0 Å². The maximum Gasteiger partial charge on any atom is 0.246 e. The molecule has 2 aliphatic rings. The van der Waals surface area contributed by atoms with Gasteiger partial charge < -0.3 is 10.2 Å². The highest BCUT2D eigenvalue weighted by molar-refractivity contribution is 7.16. The van der Waals surface area contributed by atoms with Crippen LogP contribution in [0.2, 0.25) is 4.34 Å². The molecule has 1 N–H and O–H groups in total. The fourth-order valence-corrected chi connectivity index (χ4v) is 4.14. The number of nitrogens with zero attached hydrogens (tertiary/aromatic N) is 1. The van der Waals surface area contributed by atoms with E-state index in [1.807, 2.05) is 26.0 Å². The van der Waals surface area contributed by atoms with E-state index < -0.39 is 11.6 Å². The minimum absolute atomic E-state index is 0.0147. The van der Waals surface area contributed by atoms with Crippen molar-refractivity contribution in [3.05, 3.63) is 21.3 Å². The van der Waals surface area contributed by atoms with Gasteiger partial charge in [-0.25, -0.2) is 0 Å². The van der Waals surface area contributed by atoms with E-state index in [1.165, 1.54) is 11.3 Å². The Bertz CT molecular complexity index is 584. The lowest BCUT2D eigenvalue weighted by atomic mass is 9.87. The lowest BCUT2D eigenvalue weighted by Gasteiger charge is -2.46. The van der Waals surface area contributed by atoms with Gasteiger partial charge in [0.15, 0.2) is 0 Å². The van der Waals surface area contributed by atoms with Gasteiger partial charge in [0.05, 0.1) is 10.9 Å². The molecule has 1 aliphatic heterocycles. The summed E-state index contributed by atoms with van der Waals surface area (Å²) >= 11 is 7.45. The molecule has 0 bridgehead atoms. The number of nitrogens with one attached hydrogen (secondary N) is 1. The SMILES string of the molecule is CCC1NC(=O)C(C)(C2CC2)N(Cc2ccc(Cl)s2)C1=O. The Morgan fingerprint density at radius 2 is 2.14 bits per heavy atom. The van der Waals surface area contributed by atoms with Crippen molar-refractivity contribution in [1.29, 1.82) is 0 Å². The molecule has 3 rings (SSSR count). The number of hydrogen-bond acceptors (Lipinski definition) is 3. The minimum atomic E-state index is -0.723.